The van der Waals surface area contributed by atoms with Crippen LogP contribution in [-0.2, 0) is 6.18 Å². The van der Waals surface area contributed by atoms with E-state index in [0.29, 0.717) is 16.9 Å². The highest BCUT2D eigenvalue weighted by Crippen LogP contribution is 2.33. The van der Waals surface area contributed by atoms with Crippen molar-refractivity contribution in [1.82, 2.24) is 0 Å². The predicted octanol–water partition coefficient (Wildman–Crippen LogP) is 3.80. The van der Waals surface area contributed by atoms with E-state index < -0.39 is 17.8 Å². The summed E-state index contributed by atoms with van der Waals surface area (Å²) in [6.45, 7) is 0. The van der Waals surface area contributed by atoms with Crippen molar-refractivity contribution < 1.29 is 23.0 Å². The Morgan fingerprint density at radius 1 is 1.00 bits per heavy atom. The van der Waals surface area contributed by atoms with Crippen molar-refractivity contribution in [2.24, 2.45) is 0 Å². The van der Waals surface area contributed by atoms with Crippen molar-refractivity contribution in [2.45, 2.75) is 12.3 Å². The van der Waals surface area contributed by atoms with Crippen LogP contribution < -0.4 is 4.74 Å². The molecule has 0 aliphatic heterocycles. The van der Waals surface area contributed by atoms with Gasteiger partial charge in [0.2, 0.25) is 0 Å². The van der Waals surface area contributed by atoms with Crippen LogP contribution in [0.5, 0.6) is 5.75 Å². The molecule has 0 aromatic heterocycles. The van der Waals surface area contributed by atoms with Gasteiger partial charge < -0.3 is 9.84 Å². The fourth-order valence-electron chi connectivity index (χ4n) is 1.93. The minimum absolute atomic E-state index is 0.377. The highest BCUT2D eigenvalue weighted by molar-refractivity contribution is 5.40. The SMILES string of the molecule is COc1ccccc1[C@@H](O)c1ccc(C(F)(F)F)cc1. The molecule has 0 radical (unpaired) electrons. The van der Waals surface area contributed by atoms with E-state index in [2.05, 4.69) is 0 Å². The summed E-state index contributed by atoms with van der Waals surface area (Å²) in [6, 6.07) is 11.3. The topological polar surface area (TPSA) is 29.5 Å². The van der Waals surface area contributed by atoms with E-state index in [1.54, 1.807) is 24.3 Å². The van der Waals surface area contributed by atoms with Crippen LogP contribution >= 0.6 is 0 Å². The minimum atomic E-state index is -4.38. The number of benzene rings is 2. The molecule has 2 aromatic rings. The molecule has 1 atom stereocenters. The van der Waals surface area contributed by atoms with Gasteiger partial charge in [-0.05, 0) is 23.8 Å². The molecule has 0 saturated carbocycles. The van der Waals surface area contributed by atoms with E-state index in [1.165, 1.54) is 19.2 Å². The average Bonchev–Trinajstić information content (AvgIpc) is 2.45. The second-order valence-corrected chi connectivity index (χ2v) is 4.26. The third kappa shape index (κ3) is 2.93. The van der Waals surface area contributed by atoms with Crippen molar-refractivity contribution in [3.63, 3.8) is 0 Å². The molecule has 0 spiro atoms. The minimum Gasteiger partial charge on any atom is -0.496 e. The van der Waals surface area contributed by atoms with Gasteiger partial charge in [0.25, 0.3) is 0 Å². The Labute approximate surface area is 114 Å². The summed E-state index contributed by atoms with van der Waals surface area (Å²) in [7, 11) is 1.47. The molecule has 0 heterocycles. The van der Waals surface area contributed by atoms with Gasteiger partial charge >= 0.3 is 6.18 Å². The number of para-hydroxylation sites is 1. The smallest absolute Gasteiger partial charge is 0.416 e. The first-order valence-electron chi connectivity index (χ1n) is 5.91. The van der Waals surface area contributed by atoms with Gasteiger partial charge in [0, 0.05) is 5.56 Å². The highest BCUT2D eigenvalue weighted by atomic mass is 19.4. The molecular weight excluding hydrogens is 269 g/mol. The molecular formula is C15H13F3O2. The van der Waals surface area contributed by atoms with Crippen molar-refractivity contribution in [3.05, 3.63) is 65.2 Å². The Morgan fingerprint density at radius 3 is 2.15 bits per heavy atom. The zero-order valence-electron chi connectivity index (χ0n) is 10.7. The predicted molar refractivity (Wildman–Crippen MR) is 68.5 cm³/mol. The second kappa shape index (κ2) is 5.54. The van der Waals surface area contributed by atoms with Crippen LogP contribution in [0.4, 0.5) is 13.2 Å². The van der Waals surface area contributed by atoms with Crippen LogP contribution in [0.3, 0.4) is 0 Å². The van der Waals surface area contributed by atoms with Crippen molar-refractivity contribution in [2.75, 3.05) is 7.11 Å². The lowest BCUT2D eigenvalue weighted by atomic mass is 9.99. The van der Waals surface area contributed by atoms with E-state index >= 15 is 0 Å². The van der Waals surface area contributed by atoms with Crippen LogP contribution in [0.15, 0.2) is 48.5 Å². The number of alkyl halides is 3. The van der Waals surface area contributed by atoms with E-state index in [9.17, 15) is 18.3 Å². The third-order valence-electron chi connectivity index (χ3n) is 2.99. The van der Waals surface area contributed by atoms with Gasteiger partial charge in [0.15, 0.2) is 0 Å². The summed E-state index contributed by atoms with van der Waals surface area (Å²) in [4.78, 5) is 0. The lowest BCUT2D eigenvalue weighted by Gasteiger charge is -2.15. The number of methoxy groups -OCH3 is 1. The number of aliphatic hydroxyl groups excluding tert-OH is 1. The number of halogens is 3. The normalized spacial score (nSPS) is 13.1. The molecule has 0 amide bonds. The molecule has 0 unspecified atom stereocenters. The number of rotatable bonds is 3. The van der Waals surface area contributed by atoms with Gasteiger partial charge in [0.05, 0.1) is 12.7 Å². The van der Waals surface area contributed by atoms with Gasteiger partial charge in [-0.1, -0.05) is 30.3 Å². The number of hydrogen-bond donors (Lipinski definition) is 1. The summed E-state index contributed by atoms with van der Waals surface area (Å²) in [5, 5.41) is 10.2. The molecule has 1 N–H and O–H groups in total. The Morgan fingerprint density at radius 2 is 1.60 bits per heavy atom. The Bertz CT molecular complexity index is 576. The van der Waals surface area contributed by atoms with E-state index in [-0.39, 0.29) is 0 Å². The summed E-state index contributed by atoms with van der Waals surface area (Å²) in [5.74, 6) is 0.486. The maximum atomic E-state index is 12.5. The summed E-state index contributed by atoms with van der Waals surface area (Å²) < 4.78 is 42.6. The Hall–Kier alpha value is -2.01. The molecule has 0 bridgehead atoms. The zero-order chi connectivity index (χ0) is 14.8. The molecule has 0 aliphatic carbocycles. The molecule has 0 aliphatic rings. The maximum Gasteiger partial charge on any atom is 0.416 e. The van der Waals surface area contributed by atoms with E-state index in [0.717, 1.165) is 12.1 Å². The van der Waals surface area contributed by atoms with Crippen LogP contribution in [0, 0.1) is 0 Å². The van der Waals surface area contributed by atoms with Crippen LogP contribution in [-0.4, -0.2) is 12.2 Å². The van der Waals surface area contributed by atoms with Crippen LogP contribution in [0.25, 0.3) is 0 Å². The Kier molecular flexibility index (Phi) is 3.99. The van der Waals surface area contributed by atoms with E-state index in [1.807, 2.05) is 0 Å². The number of hydrogen-bond acceptors (Lipinski definition) is 2. The molecule has 5 heteroatoms. The van der Waals surface area contributed by atoms with Gasteiger partial charge in [0.1, 0.15) is 11.9 Å². The summed E-state index contributed by atoms with van der Waals surface area (Å²) in [6.07, 6.45) is -5.41. The van der Waals surface area contributed by atoms with Gasteiger partial charge in [-0.15, -0.1) is 0 Å². The van der Waals surface area contributed by atoms with Crippen LogP contribution in [0.2, 0.25) is 0 Å². The highest BCUT2D eigenvalue weighted by Gasteiger charge is 2.30. The lowest BCUT2D eigenvalue weighted by Crippen LogP contribution is -2.06. The number of ether oxygens (including phenoxy) is 1. The van der Waals surface area contributed by atoms with Crippen molar-refractivity contribution in [3.8, 4) is 5.75 Å². The molecule has 20 heavy (non-hydrogen) atoms. The second-order valence-electron chi connectivity index (χ2n) is 4.26. The third-order valence-corrected chi connectivity index (χ3v) is 2.99. The van der Waals surface area contributed by atoms with Crippen LogP contribution in [0.1, 0.15) is 22.8 Å². The maximum absolute atomic E-state index is 12.5. The quantitative estimate of drug-likeness (QED) is 0.928. The van der Waals surface area contributed by atoms with Crippen molar-refractivity contribution in [1.29, 1.82) is 0 Å². The van der Waals surface area contributed by atoms with Crippen molar-refractivity contribution >= 4 is 0 Å². The first kappa shape index (κ1) is 14.4. The Balaban J connectivity index is 2.32. The first-order valence-corrected chi connectivity index (χ1v) is 5.91. The number of aliphatic hydroxyl groups is 1. The van der Waals surface area contributed by atoms with E-state index in [4.69, 9.17) is 4.74 Å². The molecule has 0 fully saturated rings. The fourth-order valence-corrected chi connectivity index (χ4v) is 1.93. The van der Waals surface area contributed by atoms with Gasteiger partial charge in [-0.2, -0.15) is 13.2 Å². The summed E-state index contributed by atoms with van der Waals surface area (Å²) >= 11 is 0. The molecule has 2 aromatic carbocycles. The first-order chi connectivity index (χ1) is 9.43. The largest absolute Gasteiger partial charge is 0.496 e. The molecule has 0 saturated heterocycles. The van der Waals surface area contributed by atoms with Gasteiger partial charge in [-0.25, -0.2) is 0 Å². The monoisotopic (exact) mass is 282 g/mol. The standard InChI is InChI=1S/C15H13F3O2/c1-20-13-5-3-2-4-12(13)14(19)10-6-8-11(9-7-10)15(16,17)18/h2-9,14,19H,1H3/t14-/m0/s1. The van der Waals surface area contributed by atoms with Gasteiger partial charge in [-0.3, -0.25) is 0 Å². The zero-order valence-corrected chi connectivity index (χ0v) is 10.7. The molecule has 2 nitrogen and oxygen atoms in total. The molecule has 106 valence electrons. The summed E-state index contributed by atoms with van der Waals surface area (Å²) in [5.41, 5.74) is 0.144. The lowest BCUT2D eigenvalue weighted by molar-refractivity contribution is -0.137. The fraction of sp³-hybridized carbons (Fsp3) is 0.200. The average molecular weight is 282 g/mol. The molecule has 2 rings (SSSR count).